The molecule has 188 valence electrons. The van der Waals surface area contributed by atoms with Gasteiger partial charge in [-0.2, -0.15) is 5.10 Å². The number of methoxy groups -OCH3 is 3. The number of carbonyl (C=O) groups excluding carboxylic acids is 2. The molecule has 0 aliphatic carbocycles. The Kier molecular flexibility index (Phi) is 9.53. The quantitative estimate of drug-likeness (QED) is 0.299. The van der Waals surface area contributed by atoms with E-state index in [1.54, 1.807) is 18.2 Å². The third-order valence-electron chi connectivity index (χ3n) is 4.92. The fourth-order valence-electron chi connectivity index (χ4n) is 3.13. The van der Waals surface area contributed by atoms with Crippen molar-refractivity contribution in [3.63, 3.8) is 0 Å². The maximum atomic E-state index is 12.5. The van der Waals surface area contributed by atoms with Crippen molar-refractivity contribution in [2.45, 2.75) is 6.61 Å². The Morgan fingerprint density at radius 3 is 2.28 bits per heavy atom. The van der Waals surface area contributed by atoms with Gasteiger partial charge in [0.1, 0.15) is 12.4 Å². The van der Waals surface area contributed by atoms with Gasteiger partial charge >= 0.3 is 0 Å². The lowest BCUT2D eigenvalue weighted by Gasteiger charge is -2.14. The molecule has 0 aliphatic heterocycles. The molecule has 3 aromatic carbocycles. The van der Waals surface area contributed by atoms with Gasteiger partial charge < -0.3 is 24.3 Å². The summed E-state index contributed by atoms with van der Waals surface area (Å²) in [4.78, 5) is 24.6. The van der Waals surface area contributed by atoms with Crippen LogP contribution in [-0.4, -0.2) is 45.9 Å². The molecule has 0 fully saturated rings. The molecule has 0 radical (unpaired) electrons. The van der Waals surface area contributed by atoms with Gasteiger partial charge in [-0.05, 0) is 47.5 Å². The Labute approximate surface area is 214 Å². The summed E-state index contributed by atoms with van der Waals surface area (Å²) in [5.41, 5.74) is 4.34. The van der Waals surface area contributed by atoms with Crippen LogP contribution in [0.4, 0.5) is 0 Å². The van der Waals surface area contributed by atoms with Crippen LogP contribution in [0.5, 0.6) is 23.0 Å². The number of halogens is 1. The predicted octanol–water partition coefficient (Wildman–Crippen LogP) is 3.82. The van der Waals surface area contributed by atoms with Crippen LogP contribution in [0, 0.1) is 0 Å². The van der Waals surface area contributed by atoms with Crippen molar-refractivity contribution >= 4 is 29.6 Å². The molecule has 3 aromatic rings. The first-order valence-corrected chi connectivity index (χ1v) is 11.2. The van der Waals surface area contributed by atoms with E-state index in [4.69, 9.17) is 30.5 Å². The largest absolute Gasteiger partial charge is 0.493 e. The lowest BCUT2D eigenvalue weighted by Crippen LogP contribution is -2.34. The minimum Gasteiger partial charge on any atom is -0.493 e. The van der Waals surface area contributed by atoms with Gasteiger partial charge in [-0.1, -0.05) is 35.9 Å². The lowest BCUT2D eigenvalue weighted by molar-refractivity contribution is -0.120. The number of ether oxygens (including phenoxy) is 4. The summed E-state index contributed by atoms with van der Waals surface area (Å²) < 4.78 is 21.5. The molecule has 0 aliphatic rings. The average molecular weight is 512 g/mol. The first kappa shape index (κ1) is 26.4. The summed E-state index contributed by atoms with van der Waals surface area (Å²) in [6.07, 6.45) is 1.48. The van der Waals surface area contributed by atoms with Gasteiger partial charge in [0, 0.05) is 10.6 Å². The highest BCUT2D eigenvalue weighted by molar-refractivity contribution is 6.30. The van der Waals surface area contributed by atoms with Gasteiger partial charge in [0.25, 0.3) is 11.8 Å². The number of rotatable bonds is 11. The molecule has 0 heterocycles. The van der Waals surface area contributed by atoms with Crippen LogP contribution < -0.4 is 29.7 Å². The molecule has 9 nitrogen and oxygen atoms in total. The van der Waals surface area contributed by atoms with Crippen molar-refractivity contribution in [1.82, 2.24) is 10.7 Å². The van der Waals surface area contributed by atoms with Crippen LogP contribution in [0.3, 0.4) is 0 Å². The first-order chi connectivity index (χ1) is 17.4. The zero-order chi connectivity index (χ0) is 25.9. The molecule has 0 saturated heterocycles. The van der Waals surface area contributed by atoms with Crippen molar-refractivity contribution < 1.29 is 28.5 Å². The molecular weight excluding hydrogens is 486 g/mol. The Hall–Kier alpha value is -4.24. The van der Waals surface area contributed by atoms with Gasteiger partial charge in [-0.25, -0.2) is 5.43 Å². The fourth-order valence-corrected chi connectivity index (χ4v) is 3.25. The summed E-state index contributed by atoms with van der Waals surface area (Å²) in [5.74, 6) is 0.688. The summed E-state index contributed by atoms with van der Waals surface area (Å²) in [6.45, 7) is 0.108. The van der Waals surface area contributed by atoms with Crippen LogP contribution in [0.1, 0.15) is 21.5 Å². The summed E-state index contributed by atoms with van der Waals surface area (Å²) in [7, 11) is 4.37. The van der Waals surface area contributed by atoms with E-state index in [1.165, 1.54) is 39.7 Å². The van der Waals surface area contributed by atoms with E-state index < -0.39 is 11.8 Å². The number of benzene rings is 3. The SMILES string of the molecule is COc1cc(C(=O)NCC(=O)N/N=C\c2cccc(OCc3ccc(Cl)cc3)c2)cc(OC)c1OC. The highest BCUT2D eigenvalue weighted by Gasteiger charge is 2.17. The van der Waals surface area contributed by atoms with Crippen LogP contribution in [0.15, 0.2) is 65.8 Å². The second-order valence-corrected chi connectivity index (χ2v) is 7.81. The van der Waals surface area contributed by atoms with E-state index in [9.17, 15) is 9.59 Å². The van der Waals surface area contributed by atoms with Gasteiger partial charge in [-0.3, -0.25) is 9.59 Å². The molecule has 2 N–H and O–H groups in total. The Morgan fingerprint density at radius 2 is 1.64 bits per heavy atom. The van der Waals surface area contributed by atoms with E-state index >= 15 is 0 Å². The Morgan fingerprint density at radius 1 is 0.944 bits per heavy atom. The van der Waals surface area contributed by atoms with Crippen LogP contribution >= 0.6 is 11.6 Å². The normalized spacial score (nSPS) is 10.6. The van der Waals surface area contributed by atoms with Crippen LogP contribution in [-0.2, 0) is 11.4 Å². The number of hydrazone groups is 1. The summed E-state index contributed by atoms with van der Waals surface area (Å²) in [6, 6.07) is 17.6. The number of hydrogen-bond acceptors (Lipinski definition) is 7. The molecule has 36 heavy (non-hydrogen) atoms. The molecule has 0 unspecified atom stereocenters. The fraction of sp³-hybridized carbons (Fsp3) is 0.192. The van der Waals surface area contributed by atoms with Gasteiger partial charge in [-0.15, -0.1) is 0 Å². The second kappa shape index (κ2) is 13.0. The van der Waals surface area contributed by atoms with Gasteiger partial charge in [0.2, 0.25) is 5.75 Å². The van der Waals surface area contributed by atoms with Crippen molar-refractivity contribution in [2.24, 2.45) is 5.10 Å². The van der Waals surface area contributed by atoms with E-state index in [2.05, 4.69) is 15.8 Å². The molecule has 0 saturated carbocycles. The smallest absolute Gasteiger partial charge is 0.259 e. The molecule has 0 atom stereocenters. The van der Waals surface area contributed by atoms with E-state index in [0.717, 1.165) is 11.1 Å². The van der Waals surface area contributed by atoms with Crippen molar-refractivity contribution in [2.75, 3.05) is 27.9 Å². The third-order valence-corrected chi connectivity index (χ3v) is 5.17. The first-order valence-electron chi connectivity index (χ1n) is 10.8. The number of carbonyl (C=O) groups is 2. The molecule has 0 aromatic heterocycles. The molecule has 0 bridgehead atoms. The minimum atomic E-state index is -0.498. The molecule has 3 rings (SSSR count). The van der Waals surface area contributed by atoms with Crippen LogP contribution in [0.2, 0.25) is 5.02 Å². The van der Waals surface area contributed by atoms with E-state index in [1.807, 2.05) is 30.3 Å². The zero-order valence-electron chi connectivity index (χ0n) is 20.0. The average Bonchev–Trinajstić information content (AvgIpc) is 2.90. The summed E-state index contributed by atoms with van der Waals surface area (Å²) in [5, 5.41) is 7.13. The van der Waals surface area contributed by atoms with Crippen molar-refractivity contribution in [3.05, 3.63) is 82.4 Å². The summed E-state index contributed by atoms with van der Waals surface area (Å²) >= 11 is 5.90. The van der Waals surface area contributed by atoms with Gasteiger partial charge in [0.05, 0.1) is 34.1 Å². The monoisotopic (exact) mass is 511 g/mol. The molecule has 2 amide bonds. The lowest BCUT2D eigenvalue weighted by atomic mass is 10.1. The number of amides is 2. The van der Waals surface area contributed by atoms with Crippen molar-refractivity contribution in [1.29, 1.82) is 0 Å². The Bertz CT molecular complexity index is 1210. The number of nitrogens with zero attached hydrogens (tertiary/aromatic N) is 1. The predicted molar refractivity (Wildman–Crippen MR) is 136 cm³/mol. The number of nitrogens with one attached hydrogen (secondary N) is 2. The molecule has 0 spiro atoms. The third kappa shape index (κ3) is 7.38. The standard InChI is InChI=1S/C26H26ClN3O6/c1-33-22-12-19(13-23(34-2)25(22)35-3)26(32)28-15-24(31)30-29-14-18-5-4-6-21(11-18)36-16-17-7-9-20(27)10-8-17/h4-14H,15-16H2,1-3H3,(H,28,32)(H,30,31)/b29-14-. The maximum Gasteiger partial charge on any atom is 0.259 e. The number of hydrogen-bond donors (Lipinski definition) is 2. The maximum absolute atomic E-state index is 12.5. The molecule has 10 heteroatoms. The zero-order valence-corrected chi connectivity index (χ0v) is 20.8. The highest BCUT2D eigenvalue weighted by atomic mass is 35.5. The Balaban J connectivity index is 1.50. The second-order valence-electron chi connectivity index (χ2n) is 7.38. The molecular formula is C26H26ClN3O6. The minimum absolute atomic E-state index is 0.246. The van der Waals surface area contributed by atoms with E-state index in [-0.39, 0.29) is 12.1 Å². The van der Waals surface area contributed by atoms with Crippen molar-refractivity contribution in [3.8, 4) is 23.0 Å². The van der Waals surface area contributed by atoms with Crippen LogP contribution in [0.25, 0.3) is 0 Å². The van der Waals surface area contributed by atoms with Gasteiger partial charge in [0.15, 0.2) is 11.5 Å². The van der Waals surface area contributed by atoms with E-state index in [0.29, 0.717) is 34.6 Å². The topological polar surface area (TPSA) is 107 Å². The highest BCUT2D eigenvalue weighted by Crippen LogP contribution is 2.38.